The number of rotatable bonds is 7. The Morgan fingerprint density at radius 3 is 2.22 bits per heavy atom. The van der Waals surface area contributed by atoms with E-state index in [1.165, 1.54) is 14.2 Å². The number of ketones is 1. The molecule has 0 saturated carbocycles. The molecule has 1 aromatic carbocycles. The van der Waals surface area contributed by atoms with Crippen molar-refractivity contribution in [2.45, 2.75) is 13.2 Å². The first-order chi connectivity index (χ1) is 8.58. The Balaban J connectivity index is 2.70. The lowest BCUT2D eigenvalue weighted by Crippen LogP contribution is -2.24. The Morgan fingerprint density at radius 1 is 1.22 bits per heavy atom. The van der Waals surface area contributed by atoms with Crippen molar-refractivity contribution < 1.29 is 19.0 Å². The zero-order valence-electron chi connectivity index (χ0n) is 10.9. The minimum Gasteiger partial charge on any atom is -0.489 e. The molecule has 98 valence electrons. The first kappa shape index (κ1) is 14.4. The number of hydrogen-bond donors (Lipinski definition) is 0. The molecule has 0 N–H and O–H groups in total. The highest BCUT2D eigenvalue weighted by atomic mass is 16.7. The van der Waals surface area contributed by atoms with Crippen LogP contribution >= 0.6 is 0 Å². The van der Waals surface area contributed by atoms with E-state index in [1.807, 2.05) is 6.92 Å². The van der Waals surface area contributed by atoms with Gasteiger partial charge in [0.25, 0.3) is 0 Å². The monoisotopic (exact) mass is 250 g/mol. The maximum absolute atomic E-state index is 11.9. The molecule has 1 aromatic rings. The summed E-state index contributed by atoms with van der Waals surface area (Å²) in [7, 11) is 2.85. The van der Waals surface area contributed by atoms with E-state index in [2.05, 4.69) is 6.58 Å². The normalized spacial score (nSPS) is 10.4. The fraction of sp³-hybridized carbons (Fsp3) is 0.357. The molecule has 4 nitrogen and oxygen atoms in total. The van der Waals surface area contributed by atoms with Crippen molar-refractivity contribution in [3.8, 4) is 5.75 Å². The Labute approximate surface area is 107 Å². The van der Waals surface area contributed by atoms with E-state index < -0.39 is 6.29 Å². The van der Waals surface area contributed by atoms with Crippen LogP contribution in [0.25, 0.3) is 0 Å². The highest BCUT2D eigenvalue weighted by Gasteiger charge is 2.18. The van der Waals surface area contributed by atoms with Gasteiger partial charge in [0, 0.05) is 19.8 Å². The topological polar surface area (TPSA) is 44.8 Å². The van der Waals surface area contributed by atoms with E-state index in [4.69, 9.17) is 14.2 Å². The average molecular weight is 250 g/mol. The lowest BCUT2D eigenvalue weighted by Gasteiger charge is -2.12. The number of benzene rings is 1. The number of carbonyl (C=O) groups excluding carboxylic acids is 1. The van der Waals surface area contributed by atoms with Gasteiger partial charge in [-0.15, -0.1) is 0 Å². The fourth-order valence-corrected chi connectivity index (χ4v) is 1.37. The maximum atomic E-state index is 11.9. The van der Waals surface area contributed by atoms with Crippen molar-refractivity contribution in [1.82, 2.24) is 0 Å². The van der Waals surface area contributed by atoms with Gasteiger partial charge in [0.2, 0.25) is 12.1 Å². The van der Waals surface area contributed by atoms with Crippen LogP contribution in [0.3, 0.4) is 0 Å². The first-order valence-electron chi connectivity index (χ1n) is 5.55. The molecule has 4 heteroatoms. The predicted octanol–water partition coefficient (Wildman–Crippen LogP) is 2.44. The molecule has 18 heavy (non-hydrogen) atoms. The second-order valence-corrected chi connectivity index (χ2v) is 3.94. The average Bonchev–Trinajstić information content (AvgIpc) is 2.38. The second kappa shape index (κ2) is 6.93. The predicted molar refractivity (Wildman–Crippen MR) is 68.9 cm³/mol. The van der Waals surface area contributed by atoms with E-state index in [1.54, 1.807) is 24.3 Å². The SMILES string of the molecule is C=C(C)COc1ccc(C(=O)C(OC)OC)cc1. The number of Topliss-reactive ketones (excluding diaryl/α,β-unsaturated/α-hetero) is 1. The van der Waals surface area contributed by atoms with E-state index in [-0.39, 0.29) is 5.78 Å². The standard InChI is InChI=1S/C14H18O4/c1-10(2)9-18-12-7-5-11(6-8-12)13(15)14(16-3)17-4/h5-8,14H,1,9H2,2-4H3. The summed E-state index contributed by atoms with van der Waals surface area (Å²) in [6.45, 7) is 6.10. The quantitative estimate of drug-likeness (QED) is 0.423. The Kier molecular flexibility index (Phi) is 5.55. The van der Waals surface area contributed by atoms with Gasteiger partial charge in [-0.1, -0.05) is 6.58 Å². The molecule has 1 rings (SSSR count). The molecule has 0 saturated heterocycles. The van der Waals surface area contributed by atoms with Gasteiger partial charge < -0.3 is 14.2 Å². The van der Waals surface area contributed by atoms with Gasteiger partial charge in [-0.3, -0.25) is 4.79 Å². The summed E-state index contributed by atoms with van der Waals surface area (Å²) >= 11 is 0. The largest absolute Gasteiger partial charge is 0.489 e. The molecule has 0 heterocycles. The van der Waals surface area contributed by atoms with E-state index in [0.29, 0.717) is 17.9 Å². The highest BCUT2D eigenvalue weighted by molar-refractivity contribution is 5.98. The smallest absolute Gasteiger partial charge is 0.222 e. The van der Waals surface area contributed by atoms with Crippen LogP contribution < -0.4 is 4.74 Å². The summed E-state index contributed by atoms with van der Waals surface area (Å²) in [6.07, 6.45) is -0.868. The summed E-state index contributed by atoms with van der Waals surface area (Å²) < 4.78 is 15.3. The Bertz CT molecular complexity index is 404. The minimum absolute atomic E-state index is 0.216. The summed E-state index contributed by atoms with van der Waals surface area (Å²) in [5, 5.41) is 0. The zero-order valence-corrected chi connectivity index (χ0v) is 10.9. The molecule has 0 radical (unpaired) electrons. The van der Waals surface area contributed by atoms with Crippen molar-refractivity contribution in [1.29, 1.82) is 0 Å². The Morgan fingerprint density at radius 2 is 1.78 bits per heavy atom. The third-order valence-corrected chi connectivity index (χ3v) is 2.27. The molecular weight excluding hydrogens is 232 g/mol. The molecule has 0 unspecified atom stereocenters. The lowest BCUT2D eigenvalue weighted by atomic mass is 10.1. The van der Waals surface area contributed by atoms with Crippen LogP contribution in [-0.4, -0.2) is 32.9 Å². The van der Waals surface area contributed by atoms with E-state index in [0.717, 1.165) is 5.57 Å². The molecule has 0 aromatic heterocycles. The van der Waals surface area contributed by atoms with Gasteiger partial charge >= 0.3 is 0 Å². The highest BCUT2D eigenvalue weighted by Crippen LogP contribution is 2.15. The number of ether oxygens (including phenoxy) is 3. The van der Waals surface area contributed by atoms with Crippen molar-refractivity contribution >= 4 is 5.78 Å². The van der Waals surface area contributed by atoms with Crippen molar-refractivity contribution in [3.63, 3.8) is 0 Å². The van der Waals surface area contributed by atoms with Gasteiger partial charge in [-0.2, -0.15) is 0 Å². The molecule has 0 spiro atoms. The molecule has 0 amide bonds. The van der Waals surface area contributed by atoms with Crippen molar-refractivity contribution in [3.05, 3.63) is 42.0 Å². The van der Waals surface area contributed by atoms with Crippen LogP contribution in [0.1, 0.15) is 17.3 Å². The third-order valence-electron chi connectivity index (χ3n) is 2.27. The molecule has 0 aliphatic carbocycles. The van der Waals surface area contributed by atoms with Gasteiger partial charge in [0.15, 0.2) is 0 Å². The van der Waals surface area contributed by atoms with Crippen LogP contribution in [0.5, 0.6) is 5.75 Å². The minimum atomic E-state index is -0.868. The molecule has 0 bridgehead atoms. The molecule has 0 aliphatic rings. The van der Waals surface area contributed by atoms with Crippen LogP contribution in [0, 0.1) is 0 Å². The summed E-state index contributed by atoms with van der Waals surface area (Å²) in [4.78, 5) is 11.9. The number of carbonyl (C=O) groups is 1. The van der Waals surface area contributed by atoms with Crippen LogP contribution in [0.2, 0.25) is 0 Å². The molecular formula is C14H18O4. The first-order valence-corrected chi connectivity index (χ1v) is 5.55. The zero-order chi connectivity index (χ0) is 13.5. The van der Waals surface area contributed by atoms with Gasteiger partial charge in [-0.05, 0) is 36.8 Å². The number of methoxy groups -OCH3 is 2. The van der Waals surface area contributed by atoms with Gasteiger partial charge in [0.05, 0.1) is 0 Å². The lowest BCUT2D eigenvalue weighted by molar-refractivity contribution is -0.0742. The second-order valence-electron chi connectivity index (χ2n) is 3.94. The maximum Gasteiger partial charge on any atom is 0.222 e. The van der Waals surface area contributed by atoms with E-state index in [9.17, 15) is 4.79 Å². The third kappa shape index (κ3) is 3.98. The van der Waals surface area contributed by atoms with Crippen molar-refractivity contribution in [2.75, 3.05) is 20.8 Å². The molecule has 0 aliphatic heterocycles. The van der Waals surface area contributed by atoms with Crippen molar-refractivity contribution in [2.24, 2.45) is 0 Å². The summed E-state index contributed by atoms with van der Waals surface area (Å²) in [5.74, 6) is 0.479. The van der Waals surface area contributed by atoms with E-state index >= 15 is 0 Å². The van der Waals surface area contributed by atoms with Gasteiger partial charge in [-0.25, -0.2) is 0 Å². The fourth-order valence-electron chi connectivity index (χ4n) is 1.37. The van der Waals surface area contributed by atoms with Gasteiger partial charge in [0.1, 0.15) is 12.4 Å². The summed E-state index contributed by atoms with van der Waals surface area (Å²) in [5.41, 5.74) is 1.46. The van der Waals surface area contributed by atoms with Crippen LogP contribution in [0.15, 0.2) is 36.4 Å². The van der Waals surface area contributed by atoms with Crippen LogP contribution in [0.4, 0.5) is 0 Å². The number of hydrogen-bond acceptors (Lipinski definition) is 4. The molecule has 0 atom stereocenters. The summed E-state index contributed by atoms with van der Waals surface area (Å²) in [6, 6.07) is 6.83. The Hall–Kier alpha value is -1.65. The van der Waals surface area contributed by atoms with Crippen LogP contribution in [-0.2, 0) is 9.47 Å². The molecule has 0 fully saturated rings.